The molecular formula is C12H12BrN5O3. The molecule has 0 aliphatic heterocycles. The van der Waals surface area contributed by atoms with Gasteiger partial charge >= 0.3 is 0 Å². The number of halogens is 1. The van der Waals surface area contributed by atoms with Crippen LogP contribution in [0.25, 0.3) is 0 Å². The first-order chi connectivity index (χ1) is 10.0. The van der Waals surface area contributed by atoms with Crippen molar-refractivity contribution in [1.29, 1.82) is 0 Å². The summed E-state index contributed by atoms with van der Waals surface area (Å²) >= 11 is 3.38. The van der Waals surface area contributed by atoms with Crippen molar-refractivity contribution in [3.8, 4) is 5.75 Å². The SMILES string of the molecule is COc1ccc(Br)c(Nc2cc([N+](=O)[O-])cc(NN)n2)c1. The molecule has 2 aromatic rings. The van der Waals surface area contributed by atoms with E-state index in [0.29, 0.717) is 11.4 Å². The van der Waals surface area contributed by atoms with E-state index in [1.165, 1.54) is 12.1 Å². The number of anilines is 3. The third kappa shape index (κ3) is 3.58. The maximum atomic E-state index is 10.9. The van der Waals surface area contributed by atoms with Crippen LogP contribution in [-0.4, -0.2) is 17.0 Å². The number of nitro groups is 1. The van der Waals surface area contributed by atoms with Gasteiger partial charge in [0.15, 0.2) is 0 Å². The Balaban J connectivity index is 2.39. The highest BCUT2D eigenvalue weighted by atomic mass is 79.9. The average Bonchev–Trinajstić information content (AvgIpc) is 2.49. The lowest BCUT2D eigenvalue weighted by atomic mass is 10.3. The standard InChI is InChI=1S/C12H12BrN5O3/c1-21-8-2-3-9(13)10(6-8)15-11-4-7(18(19)20)5-12(16-11)17-14/h2-6H,14H2,1H3,(H2,15,16,17). The van der Waals surface area contributed by atoms with Crippen LogP contribution in [0.2, 0.25) is 0 Å². The summed E-state index contributed by atoms with van der Waals surface area (Å²) in [6.45, 7) is 0. The number of nitrogens with two attached hydrogens (primary N) is 1. The van der Waals surface area contributed by atoms with Crippen LogP contribution in [0.15, 0.2) is 34.8 Å². The van der Waals surface area contributed by atoms with Gasteiger partial charge in [0.2, 0.25) is 0 Å². The molecule has 0 bridgehead atoms. The van der Waals surface area contributed by atoms with Crippen molar-refractivity contribution in [2.75, 3.05) is 17.9 Å². The highest BCUT2D eigenvalue weighted by Gasteiger charge is 2.12. The van der Waals surface area contributed by atoms with Gasteiger partial charge in [-0.05, 0) is 28.1 Å². The van der Waals surface area contributed by atoms with E-state index >= 15 is 0 Å². The third-order valence-electron chi connectivity index (χ3n) is 2.61. The summed E-state index contributed by atoms with van der Waals surface area (Å²) in [4.78, 5) is 14.5. The van der Waals surface area contributed by atoms with Crippen LogP contribution in [0.1, 0.15) is 0 Å². The highest BCUT2D eigenvalue weighted by molar-refractivity contribution is 9.10. The van der Waals surface area contributed by atoms with E-state index in [0.717, 1.165) is 4.47 Å². The van der Waals surface area contributed by atoms with Gasteiger partial charge in [0, 0.05) is 10.5 Å². The van der Waals surface area contributed by atoms with Gasteiger partial charge in [-0.2, -0.15) is 0 Å². The number of hydrogen-bond acceptors (Lipinski definition) is 7. The number of hydrogen-bond donors (Lipinski definition) is 3. The lowest BCUT2D eigenvalue weighted by molar-refractivity contribution is -0.384. The average molecular weight is 354 g/mol. The van der Waals surface area contributed by atoms with Crippen LogP contribution in [0.4, 0.5) is 23.0 Å². The van der Waals surface area contributed by atoms with Gasteiger partial charge in [0.1, 0.15) is 17.4 Å². The van der Waals surface area contributed by atoms with Gasteiger partial charge in [-0.3, -0.25) is 10.1 Å². The Hall–Kier alpha value is -2.39. The fourth-order valence-electron chi connectivity index (χ4n) is 1.62. The first-order valence-corrected chi connectivity index (χ1v) is 6.56. The van der Waals surface area contributed by atoms with E-state index in [-0.39, 0.29) is 17.3 Å². The van der Waals surface area contributed by atoms with Gasteiger partial charge in [0.05, 0.1) is 29.9 Å². The van der Waals surface area contributed by atoms with E-state index in [1.807, 2.05) is 0 Å². The van der Waals surface area contributed by atoms with Crippen LogP contribution < -0.4 is 21.3 Å². The predicted molar refractivity (Wildman–Crippen MR) is 82.7 cm³/mol. The zero-order valence-electron chi connectivity index (χ0n) is 11.0. The van der Waals surface area contributed by atoms with Crippen LogP contribution in [0.3, 0.4) is 0 Å². The number of benzene rings is 1. The van der Waals surface area contributed by atoms with E-state index in [2.05, 4.69) is 31.7 Å². The summed E-state index contributed by atoms with van der Waals surface area (Å²) < 4.78 is 5.90. The summed E-state index contributed by atoms with van der Waals surface area (Å²) in [7, 11) is 1.55. The monoisotopic (exact) mass is 353 g/mol. The molecule has 4 N–H and O–H groups in total. The largest absolute Gasteiger partial charge is 0.497 e. The first kappa shape index (κ1) is 15.0. The van der Waals surface area contributed by atoms with Crippen LogP contribution in [-0.2, 0) is 0 Å². The van der Waals surface area contributed by atoms with Crippen molar-refractivity contribution < 1.29 is 9.66 Å². The van der Waals surface area contributed by atoms with Crippen molar-refractivity contribution in [2.45, 2.75) is 0 Å². The van der Waals surface area contributed by atoms with Crippen molar-refractivity contribution in [3.63, 3.8) is 0 Å². The van der Waals surface area contributed by atoms with Gasteiger partial charge in [-0.15, -0.1) is 0 Å². The zero-order chi connectivity index (χ0) is 15.4. The van der Waals surface area contributed by atoms with Gasteiger partial charge in [-0.1, -0.05) is 0 Å². The van der Waals surface area contributed by atoms with E-state index in [1.54, 1.807) is 25.3 Å². The second-order valence-electron chi connectivity index (χ2n) is 3.97. The van der Waals surface area contributed by atoms with Crippen molar-refractivity contribution in [2.24, 2.45) is 5.84 Å². The Morgan fingerprint density at radius 2 is 2.05 bits per heavy atom. The Morgan fingerprint density at radius 3 is 2.67 bits per heavy atom. The minimum absolute atomic E-state index is 0.125. The molecule has 8 nitrogen and oxygen atoms in total. The molecule has 0 fully saturated rings. The molecule has 0 atom stereocenters. The number of hydrazine groups is 1. The molecule has 0 saturated heterocycles. The molecule has 0 saturated carbocycles. The molecule has 110 valence electrons. The summed E-state index contributed by atoms with van der Waals surface area (Å²) in [6, 6.07) is 7.86. The number of aromatic nitrogens is 1. The summed E-state index contributed by atoms with van der Waals surface area (Å²) in [5.74, 6) is 6.38. The lowest BCUT2D eigenvalue weighted by Gasteiger charge is -2.10. The number of rotatable bonds is 5. The predicted octanol–water partition coefficient (Wildman–Crippen LogP) is 2.79. The van der Waals surface area contributed by atoms with Gasteiger partial charge in [-0.25, -0.2) is 10.8 Å². The topological polar surface area (TPSA) is 115 Å². The lowest BCUT2D eigenvalue weighted by Crippen LogP contribution is -2.10. The van der Waals surface area contributed by atoms with E-state index in [4.69, 9.17) is 10.6 Å². The van der Waals surface area contributed by atoms with Crippen LogP contribution in [0, 0.1) is 10.1 Å². The van der Waals surface area contributed by atoms with Crippen LogP contribution in [0.5, 0.6) is 5.75 Å². The number of nitrogens with one attached hydrogen (secondary N) is 2. The first-order valence-electron chi connectivity index (χ1n) is 5.77. The molecule has 1 aromatic heterocycles. The van der Waals surface area contributed by atoms with Crippen molar-refractivity contribution >= 4 is 38.9 Å². The van der Waals surface area contributed by atoms with E-state index in [9.17, 15) is 10.1 Å². The normalized spacial score (nSPS) is 10.0. The summed E-state index contributed by atoms with van der Waals surface area (Å²) in [5, 5.41) is 13.9. The Bertz CT molecular complexity index is 680. The molecule has 1 heterocycles. The van der Waals surface area contributed by atoms with Crippen molar-refractivity contribution in [3.05, 3.63) is 44.9 Å². The quantitative estimate of drug-likeness (QED) is 0.430. The molecule has 0 aliphatic carbocycles. The molecule has 0 radical (unpaired) electrons. The molecule has 9 heteroatoms. The zero-order valence-corrected chi connectivity index (χ0v) is 12.5. The number of nitrogen functional groups attached to an aromatic ring is 1. The Kier molecular flexibility index (Phi) is 4.55. The van der Waals surface area contributed by atoms with E-state index < -0.39 is 4.92 Å². The molecule has 21 heavy (non-hydrogen) atoms. The van der Waals surface area contributed by atoms with Gasteiger partial charge in [0.25, 0.3) is 5.69 Å². The second kappa shape index (κ2) is 6.37. The minimum atomic E-state index is -0.520. The number of pyridine rings is 1. The molecular weight excluding hydrogens is 342 g/mol. The van der Waals surface area contributed by atoms with Gasteiger partial charge < -0.3 is 15.5 Å². The number of methoxy groups -OCH3 is 1. The molecule has 0 unspecified atom stereocenters. The minimum Gasteiger partial charge on any atom is -0.497 e. The highest BCUT2D eigenvalue weighted by Crippen LogP contribution is 2.30. The Morgan fingerprint density at radius 1 is 1.33 bits per heavy atom. The molecule has 0 amide bonds. The molecule has 0 spiro atoms. The second-order valence-corrected chi connectivity index (χ2v) is 4.82. The number of nitrogens with zero attached hydrogens (tertiary/aromatic N) is 2. The molecule has 0 aliphatic rings. The fourth-order valence-corrected chi connectivity index (χ4v) is 1.97. The third-order valence-corrected chi connectivity index (χ3v) is 3.30. The molecule has 1 aromatic carbocycles. The number of ether oxygens (including phenoxy) is 1. The maximum Gasteiger partial charge on any atom is 0.276 e. The van der Waals surface area contributed by atoms with Crippen molar-refractivity contribution in [1.82, 2.24) is 4.98 Å². The smallest absolute Gasteiger partial charge is 0.276 e. The summed E-state index contributed by atoms with van der Waals surface area (Å²) in [6.07, 6.45) is 0. The van der Waals surface area contributed by atoms with Crippen LogP contribution >= 0.6 is 15.9 Å². The summed E-state index contributed by atoms with van der Waals surface area (Å²) in [5.41, 5.74) is 2.83. The Labute approximate surface area is 128 Å². The maximum absolute atomic E-state index is 10.9. The molecule has 2 rings (SSSR count). The fraction of sp³-hybridized carbons (Fsp3) is 0.0833.